The van der Waals surface area contributed by atoms with Crippen LogP contribution in [-0.2, 0) is 5.33 Å². The molecule has 35 heavy (non-hydrogen) atoms. The molecule has 2 aromatic carbocycles. The zero-order chi connectivity index (χ0) is 25.1. The maximum absolute atomic E-state index is 5.25. The van der Waals surface area contributed by atoms with Gasteiger partial charge in [-0.25, -0.2) is 19.9 Å². The van der Waals surface area contributed by atoms with Gasteiger partial charge < -0.3 is 20.4 Å². The molecule has 0 amide bonds. The van der Waals surface area contributed by atoms with Crippen LogP contribution in [0.15, 0.2) is 41.2 Å². The van der Waals surface area contributed by atoms with E-state index in [1.54, 1.807) is 41.1 Å². The summed E-state index contributed by atoms with van der Waals surface area (Å²) in [5, 5.41) is 2.63. The van der Waals surface area contributed by atoms with Gasteiger partial charge in [-0.1, -0.05) is 23.4 Å². The van der Waals surface area contributed by atoms with Crippen LogP contribution < -0.4 is 18.9 Å². The predicted octanol–water partition coefficient (Wildman–Crippen LogP) is 5.43. The number of rotatable bonds is 5. The van der Waals surface area contributed by atoms with Crippen LogP contribution in [0.5, 0.6) is 23.0 Å². The van der Waals surface area contributed by atoms with Crippen molar-refractivity contribution < 1.29 is 20.4 Å². The Hall–Kier alpha value is -2.99. The summed E-state index contributed by atoms with van der Waals surface area (Å²) in [6.45, 7) is 1.94. The molecule has 0 unspecified atom stereocenters. The summed E-state index contributed by atoms with van der Waals surface area (Å²) in [7, 11) is 10.8. The molecule has 9 nitrogen and oxygen atoms in total. The molecule has 2 heterocycles. The van der Waals surface area contributed by atoms with E-state index in [1.807, 2.05) is 31.2 Å². The summed E-state index contributed by atoms with van der Waals surface area (Å²) >= 11 is 6.59. The molecule has 0 bridgehead atoms. The fourth-order valence-corrected chi connectivity index (χ4v) is 3.50. The van der Waals surface area contributed by atoms with Gasteiger partial charge in [-0.05, 0) is 19.1 Å². The van der Waals surface area contributed by atoms with Crippen molar-refractivity contribution in [1.29, 1.82) is 0 Å². The summed E-state index contributed by atoms with van der Waals surface area (Å²) in [5.74, 6) is 2.74. The topological polar surface area (TPSA) is 101 Å². The van der Waals surface area contributed by atoms with Crippen LogP contribution in [-0.4, -0.2) is 56.0 Å². The fraction of sp³-hybridized carbons (Fsp3) is 0.304. The number of aryl methyl sites for hydroxylation is 1. The van der Waals surface area contributed by atoms with E-state index in [0.717, 1.165) is 33.2 Å². The van der Waals surface area contributed by atoms with Crippen LogP contribution in [0.1, 0.15) is 20.2 Å². The fourth-order valence-electron chi connectivity index (χ4n) is 3.06. The standard InChI is InChI=1S/C11H11BrN2O2.C11H12N2O2.CH4.BHNS.H/c1-15-10-3-7-8(4-11(10)16-2)13-6-14-9(7)5-12;1-7-8-4-10(14-2)11(15-3)5-9(8)13-6-12-7;;1-2-3;/h3-4,6H,5H2,1-2H3;4-6H,1-3H3;1H4;3H;/q;;;;-1/i;;;;1+1. The van der Waals surface area contributed by atoms with Crippen molar-refractivity contribution in [3.8, 4) is 23.0 Å². The minimum atomic E-state index is 0. The number of benzene rings is 2. The first kappa shape index (κ1) is 30.0. The third kappa shape index (κ3) is 7.50. The number of ether oxygens (including phenoxy) is 4. The van der Waals surface area contributed by atoms with Gasteiger partial charge in [0.25, 0.3) is 0 Å². The first-order chi connectivity index (χ1) is 16.5. The number of methoxy groups -OCH3 is 4. The Morgan fingerprint density at radius 1 is 0.800 bits per heavy atom. The molecule has 0 fully saturated rings. The van der Waals surface area contributed by atoms with E-state index in [-0.39, 0.29) is 8.85 Å². The number of nitrogens with zero attached hydrogens (tertiary/aromatic N) is 5. The summed E-state index contributed by atoms with van der Waals surface area (Å²) < 4.78 is 23.6. The van der Waals surface area contributed by atoms with Crippen molar-refractivity contribution in [2.45, 2.75) is 19.7 Å². The molecular weight excluding hydrogens is 533 g/mol. The summed E-state index contributed by atoms with van der Waals surface area (Å²) in [5.41, 5.74) is 3.58. The number of hydrogen-bond donors (Lipinski definition) is 1. The number of aromatic nitrogens is 4. The first-order valence-corrected chi connectivity index (χ1v) is 11.3. The summed E-state index contributed by atoms with van der Waals surface area (Å²) in [4.78, 5) is 16.7. The molecule has 0 N–H and O–H groups in total. The molecule has 2 aromatic heterocycles. The number of halogens is 1. The normalized spacial score (nSPS) is 9.54. The van der Waals surface area contributed by atoms with Gasteiger partial charge in [0.05, 0.1) is 45.2 Å². The molecule has 4 rings (SSSR count). The van der Waals surface area contributed by atoms with E-state index in [9.17, 15) is 0 Å². The van der Waals surface area contributed by atoms with Crippen molar-refractivity contribution in [2.24, 2.45) is 4.30 Å². The SMILES string of the molecule is C.COc1cc2ncnc(C)c2cc1OC.COc1cc2ncnc(CBr)c2cc1OC.[2H-].[B]=NS. The Balaban J connectivity index is 0.000000585. The number of hydrogen-bond acceptors (Lipinski definition) is 10. The third-order valence-electron chi connectivity index (χ3n) is 4.69. The molecule has 4 aromatic rings. The Labute approximate surface area is 221 Å². The average molecular weight is 563 g/mol. The second-order valence-electron chi connectivity index (χ2n) is 6.48. The van der Waals surface area contributed by atoms with E-state index >= 15 is 0 Å². The molecule has 0 spiro atoms. The van der Waals surface area contributed by atoms with Crippen molar-refractivity contribution >= 4 is 58.2 Å². The number of alkyl halides is 1. The average Bonchev–Trinajstić information content (AvgIpc) is 2.87. The van der Waals surface area contributed by atoms with Crippen LogP contribution in [0.3, 0.4) is 0 Å². The molecule has 12 heteroatoms. The zero-order valence-electron chi connectivity index (χ0n) is 20.4. The zero-order valence-corrected chi connectivity index (χ0v) is 21.9. The maximum atomic E-state index is 5.25. The van der Waals surface area contributed by atoms with Gasteiger partial charge in [0, 0.05) is 33.9 Å². The van der Waals surface area contributed by atoms with Crippen molar-refractivity contribution in [3.63, 3.8) is 0 Å². The quantitative estimate of drug-likeness (QED) is 0.195. The van der Waals surface area contributed by atoms with Crippen molar-refractivity contribution in [2.75, 3.05) is 28.4 Å². The van der Waals surface area contributed by atoms with Crippen LogP contribution in [0.2, 0.25) is 0 Å². The van der Waals surface area contributed by atoms with Gasteiger partial charge in [-0.3, -0.25) is 0 Å². The Morgan fingerprint density at radius 2 is 1.20 bits per heavy atom. The molecule has 0 saturated carbocycles. The van der Waals surface area contributed by atoms with E-state index < -0.39 is 0 Å². The monoisotopic (exact) mass is 562 g/mol. The Bertz CT molecular complexity index is 1270. The van der Waals surface area contributed by atoms with Crippen LogP contribution in [0.4, 0.5) is 0 Å². The van der Waals surface area contributed by atoms with E-state index in [1.165, 1.54) is 0 Å². The summed E-state index contributed by atoms with van der Waals surface area (Å²) in [6, 6.07) is 7.49. The van der Waals surface area contributed by atoms with Gasteiger partial charge in [-0.15, -0.1) is 0 Å². The molecule has 187 valence electrons. The predicted molar refractivity (Wildman–Crippen MR) is 148 cm³/mol. The van der Waals surface area contributed by atoms with Crippen molar-refractivity contribution in [1.82, 2.24) is 19.9 Å². The Morgan fingerprint density at radius 3 is 1.66 bits per heavy atom. The molecule has 1 radical (unpaired) electrons. The molecule has 0 aliphatic heterocycles. The van der Waals surface area contributed by atoms with E-state index in [0.29, 0.717) is 28.3 Å². The van der Waals surface area contributed by atoms with Gasteiger partial charge in [0.2, 0.25) is 0 Å². The third-order valence-corrected chi connectivity index (χ3v) is 5.22. The van der Waals surface area contributed by atoms with Crippen molar-refractivity contribution in [3.05, 3.63) is 48.3 Å². The van der Waals surface area contributed by atoms with Gasteiger partial charge in [-0.2, -0.15) is 0 Å². The van der Waals surface area contributed by atoms with E-state index in [4.69, 9.17) is 18.9 Å². The molecule has 0 aliphatic rings. The van der Waals surface area contributed by atoms with Gasteiger partial charge >= 0.3 is 24.8 Å². The second-order valence-corrected chi connectivity index (χ2v) is 7.27. The van der Waals surface area contributed by atoms with Gasteiger partial charge in [0.1, 0.15) is 12.7 Å². The van der Waals surface area contributed by atoms with Crippen LogP contribution >= 0.6 is 28.7 Å². The molecule has 0 aliphatic carbocycles. The van der Waals surface area contributed by atoms with Crippen LogP contribution in [0.25, 0.3) is 21.8 Å². The second kappa shape index (κ2) is 15.1. The number of thiol groups is 1. The van der Waals surface area contributed by atoms with Crippen LogP contribution in [0, 0.1) is 6.92 Å². The first-order valence-electron chi connectivity index (χ1n) is 9.77. The Kier molecular flexibility index (Phi) is 13.0. The molecule has 0 atom stereocenters. The van der Waals surface area contributed by atoms with E-state index in [2.05, 4.69) is 60.6 Å². The number of fused-ring (bicyclic) bond motifs is 2. The van der Waals surface area contributed by atoms with Gasteiger partial charge in [0.15, 0.2) is 23.0 Å². The minimum absolute atomic E-state index is 0. The molecular formula is C23H29BBrN5O4S-. The summed E-state index contributed by atoms with van der Waals surface area (Å²) in [6.07, 6.45) is 3.09. The molecule has 0 saturated heterocycles.